The van der Waals surface area contributed by atoms with Crippen molar-refractivity contribution in [2.75, 3.05) is 5.32 Å². The number of unbranched alkanes of at least 4 members (excludes halogenated alkanes) is 2. The van der Waals surface area contributed by atoms with Crippen LogP contribution in [0.1, 0.15) is 58.1 Å². The molecule has 0 saturated heterocycles. The molecule has 0 amide bonds. The monoisotopic (exact) mass is 739 g/mol. The maximum atomic E-state index is 6.51. The average Bonchev–Trinajstić information content (AvgIpc) is 3.81. The Kier molecular flexibility index (Phi) is 8.63. The predicted octanol–water partition coefficient (Wildman–Crippen LogP) is 12.4. The van der Waals surface area contributed by atoms with Crippen molar-refractivity contribution in [2.45, 2.75) is 58.8 Å². The quantitative estimate of drug-likeness (QED) is 0.118. The molecule has 10 rings (SSSR count). The van der Waals surface area contributed by atoms with Crippen molar-refractivity contribution >= 4 is 62.5 Å². The molecule has 0 atom stereocenters. The van der Waals surface area contributed by atoms with Gasteiger partial charge in [-0.1, -0.05) is 131 Å². The van der Waals surface area contributed by atoms with Gasteiger partial charge in [0.25, 0.3) is 0 Å². The standard InChI is InChI=1S/C52H46BN3O/c1-5-6-9-16-33-23-26-37(27-24-33)54-43-22-15-14-21-38(43)40-30-39(34-17-10-7-11-18-34)48-41-29-36(52(2,3)4)25-28-45(41)56-46-32-47-44(31-42(46)53-49(40)50(48)56)55-51(57-47)35-19-12-8-13-20-35/h7-8,10-15,17-32,53-54H,5-6,9,16H2,1-4H3. The third kappa shape index (κ3) is 6.23. The first kappa shape index (κ1) is 35.1. The first-order chi connectivity index (χ1) is 27.8. The van der Waals surface area contributed by atoms with Crippen LogP contribution in [-0.4, -0.2) is 16.8 Å². The summed E-state index contributed by atoms with van der Waals surface area (Å²) in [5.74, 6) is 0.642. The van der Waals surface area contributed by atoms with Gasteiger partial charge in [-0.25, -0.2) is 4.98 Å². The first-order valence-corrected chi connectivity index (χ1v) is 20.5. The third-order valence-corrected chi connectivity index (χ3v) is 11.8. The Labute approximate surface area is 335 Å². The zero-order valence-corrected chi connectivity index (χ0v) is 33.2. The number of para-hydroxylation sites is 1. The molecular weight excluding hydrogens is 693 g/mol. The van der Waals surface area contributed by atoms with Gasteiger partial charge in [0.05, 0.1) is 5.52 Å². The van der Waals surface area contributed by atoms with E-state index in [9.17, 15) is 0 Å². The van der Waals surface area contributed by atoms with Gasteiger partial charge in [0.1, 0.15) is 5.52 Å². The summed E-state index contributed by atoms with van der Waals surface area (Å²) < 4.78 is 9.03. The molecule has 0 fully saturated rings. The molecule has 0 spiro atoms. The summed E-state index contributed by atoms with van der Waals surface area (Å²) in [6.45, 7) is 9.17. The lowest BCUT2D eigenvalue weighted by molar-refractivity contribution is 0.591. The lowest BCUT2D eigenvalue weighted by Gasteiger charge is -2.25. The molecule has 9 aromatic rings. The SMILES string of the molecule is CCCCCc1ccc(Nc2ccccc2-c2cc(-c3ccccc3)c3c4cc(C(C)(C)C)ccc4n4c3c2Bc2cc3nc(-c5ccccc5)oc3cc2-4)cc1. The van der Waals surface area contributed by atoms with E-state index >= 15 is 0 Å². The molecular formula is C52H46BN3O. The van der Waals surface area contributed by atoms with Gasteiger partial charge in [-0.3, -0.25) is 0 Å². The highest BCUT2D eigenvalue weighted by Gasteiger charge is 2.30. The van der Waals surface area contributed by atoms with E-state index in [0.717, 1.165) is 47.4 Å². The zero-order valence-electron chi connectivity index (χ0n) is 33.2. The van der Waals surface area contributed by atoms with E-state index in [-0.39, 0.29) is 5.41 Å². The fourth-order valence-corrected chi connectivity index (χ4v) is 8.83. The van der Waals surface area contributed by atoms with Crippen LogP contribution in [0.2, 0.25) is 0 Å². The van der Waals surface area contributed by atoms with Crippen LogP contribution >= 0.6 is 0 Å². The topological polar surface area (TPSA) is 43.0 Å². The Balaban J connectivity index is 1.23. The molecule has 57 heavy (non-hydrogen) atoms. The lowest BCUT2D eigenvalue weighted by atomic mass is 9.58. The van der Waals surface area contributed by atoms with E-state index in [1.807, 2.05) is 18.2 Å². The lowest BCUT2D eigenvalue weighted by Crippen LogP contribution is -2.37. The molecule has 5 heteroatoms. The van der Waals surface area contributed by atoms with Gasteiger partial charge in [0.2, 0.25) is 5.89 Å². The molecule has 4 nitrogen and oxygen atoms in total. The highest BCUT2D eigenvalue weighted by Crippen LogP contribution is 2.44. The van der Waals surface area contributed by atoms with Crippen molar-refractivity contribution in [2.24, 2.45) is 0 Å². The number of aromatic nitrogens is 2. The molecule has 0 aliphatic carbocycles. The van der Waals surface area contributed by atoms with Crippen LogP contribution in [0.25, 0.3) is 72.3 Å². The van der Waals surface area contributed by atoms with Gasteiger partial charge in [-0.15, -0.1) is 0 Å². The van der Waals surface area contributed by atoms with Crippen molar-refractivity contribution in [3.63, 3.8) is 0 Å². The number of rotatable bonds is 9. The number of nitrogens with one attached hydrogen (secondary N) is 1. The van der Waals surface area contributed by atoms with Crippen LogP contribution in [0.3, 0.4) is 0 Å². The number of hydrogen-bond donors (Lipinski definition) is 1. The minimum Gasteiger partial charge on any atom is -0.436 e. The number of anilines is 2. The van der Waals surface area contributed by atoms with Crippen LogP contribution < -0.4 is 16.2 Å². The average molecular weight is 740 g/mol. The second-order valence-electron chi connectivity index (χ2n) is 16.7. The molecule has 0 bridgehead atoms. The van der Waals surface area contributed by atoms with E-state index in [0.29, 0.717) is 5.89 Å². The molecule has 7 aromatic carbocycles. The van der Waals surface area contributed by atoms with E-state index in [2.05, 4.69) is 165 Å². The summed E-state index contributed by atoms with van der Waals surface area (Å²) in [5, 5.41) is 6.40. The zero-order chi connectivity index (χ0) is 38.7. The van der Waals surface area contributed by atoms with Crippen molar-refractivity contribution < 1.29 is 4.42 Å². The minimum absolute atomic E-state index is 0.00542. The van der Waals surface area contributed by atoms with E-state index in [1.54, 1.807) is 0 Å². The molecule has 1 N–H and O–H groups in total. The van der Waals surface area contributed by atoms with E-state index in [4.69, 9.17) is 9.40 Å². The highest BCUT2D eigenvalue weighted by atomic mass is 16.3. The maximum absolute atomic E-state index is 6.51. The van der Waals surface area contributed by atoms with Crippen LogP contribution in [0, 0.1) is 0 Å². The van der Waals surface area contributed by atoms with Crippen molar-refractivity contribution in [3.8, 4) is 39.4 Å². The predicted molar refractivity (Wildman–Crippen MR) is 243 cm³/mol. The fourth-order valence-electron chi connectivity index (χ4n) is 8.83. The van der Waals surface area contributed by atoms with Crippen LogP contribution in [-0.2, 0) is 11.8 Å². The summed E-state index contributed by atoms with van der Waals surface area (Å²) in [6.07, 6.45) is 4.86. The number of nitrogens with zero attached hydrogens (tertiary/aromatic N) is 2. The fraction of sp³-hybridized carbons (Fsp3) is 0.173. The molecule has 1 aliphatic heterocycles. The molecule has 0 radical (unpaired) electrons. The van der Waals surface area contributed by atoms with Gasteiger partial charge in [-0.05, 0) is 106 Å². The summed E-state index contributed by atoms with van der Waals surface area (Å²) in [7, 11) is 0.767. The van der Waals surface area contributed by atoms with Gasteiger partial charge in [0.15, 0.2) is 12.9 Å². The number of benzene rings is 7. The van der Waals surface area contributed by atoms with E-state index < -0.39 is 0 Å². The summed E-state index contributed by atoms with van der Waals surface area (Å²) in [4.78, 5) is 5.02. The maximum Gasteiger partial charge on any atom is 0.227 e. The Bertz CT molecular complexity index is 2930. The Morgan fingerprint density at radius 1 is 0.702 bits per heavy atom. The molecule has 1 aliphatic rings. The second kappa shape index (κ2) is 14.0. The summed E-state index contributed by atoms with van der Waals surface area (Å²) >= 11 is 0. The number of oxazole rings is 1. The molecule has 0 unspecified atom stereocenters. The van der Waals surface area contributed by atoms with Crippen molar-refractivity contribution in [3.05, 3.63) is 157 Å². The molecule has 278 valence electrons. The largest absolute Gasteiger partial charge is 0.436 e. The van der Waals surface area contributed by atoms with Crippen molar-refractivity contribution in [1.29, 1.82) is 0 Å². The Hall–Kier alpha value is -6.33. The summed E-state index contributed by atoms with van der Waals surface area (Å²) in [6, 6.07) is 53.0. The first-order valence-electron chi connectivity index (χ1n) is 20.5. The van der Waals surface area contributed by atoms with Gasteiger partial charge in [0, 0.05) is 50.5 Å². The van der Waals surface area contributed by atoms with Gasteiger partial charge >= 0.3 is 0 Å². The Morgan fingerprint density at radius 2 is 1.44 bits per heavy atom. The van der Waals surface area contributed by atoms with Crippen LogP contribution in [0.15, 0.2) is 150 Å². The third-order valence-electron chi connectivity index (χ3n) is 11.8. The second-order valence-corrected chi connectivity index (χ2v) is 16.7. The highest BCUT2D eigenvalue weighted by molar-refractivity contribution is 6.74. The molecule has 3 heterocycles. The van der Waals surface area contributed by atoms with Crippen molar-refractivity contribution in [1.82, 2.24) is 9.55 Å². The Morgan fingerprint density at radius 3 is 2.19 bits per heavy atom. The smallest absolute Gasteiger partial charge is 0.227 e. The van der Waals surface area contributed by atoms with Gasteiger partial charge in [-0.2, -0.15) is 0 Å². The molecule has 0 saturated carbocycles. The number of aryl methyl sites for hydroxylation is 1. The molecule has 2 aromatic heterocycles. The van der Waals surface area contributed by atoms with Gasteiger partial charge < -0.3 is 14.3 Å². The van der Waals surface area contributed by atoms with Crippen LogP contribution in [0.4, 0.5) is 11.4 Å². The summed E-state index contributed by atoms with van der Waals surface area (Å²) in [5.41, 5.74) is 18.6. The van der Waals surface area contributed by atoms with Crippen LogP contribution in [0.5, 0.6) is 0 Å². The number of hydrogen-bond acceptors (Lipinski definition) is 3. The number of fused-ring (bicyclic) bond motifs is 6. The minimum atomic E-state index is -0.00542. The normalized spacial score (nSPS) is 12.3. The van der Waals surface area contributed by atoms with E-state index in [1.165, 1.54) is 85.4 Å².